The summed E-state index contributed by atoms with van der Waals surface area (Å²) in [6, 6.07) is 7.68. The van der Waals surface area contributed by atoms with Crippen LogP contribution in [-0.4, -0.2) is 12.8 Å². The van der Waals surface area contributed by atoms with Gasteiger partial charge in [0.2, 0.25) is 0 Å². The van der Waals surface area contributed by atoms with E-state index >= 15 is 0 Å². The average molecular weight is 288 g/mol. The van der Waals surface area contributed by atoms with Gasteiger partial charge in [-0.3, -0.25) is 0 Å². The van der Waals surface area contributed by atoms with Crippen LogP contribution in [0, 0.1) is 5.92 Å². The summed E-state index contributed by atoms with van der Waals surface area (Å²) in [6.45, 7) is 4.33. The molecule has 0 N–H and O–H groups in total. The molecule has 3 nitrogen and oxygen atoms in total. The molecule has 0 saturated heterocycles. The van der Waals surface area contributed by atoms with Gasteiger partial charge in [0.05, 0.1) is 6.61 Å². The largest absolute Gasteiger partial charge is 0.513 e. The third-order valence-electron chi connectivity index (χ3n) is 3.90. The second-order valence-electron chi connectivity index (χ2n) is 5.47. The van der Waals surface area contributed by atoms with Crippen LogP contribution < -0.4 is 4.74 Å². The molecule has 2 rings (SSSR count). The van der Waals surface area contributed by atoms with E-state index in [-0.39, 0.29) is 0 Å². The molecule has 0 aromatic heterocycles. The van der Waals surface area contributed by atoms with Gasteiger partial charge in [0.15, 0.2) is 0 Å². The second kappa shape index (κ2) is 7.87. The molecule has 114 valence electrons. The lowest BCUT2D eigenvalue weighted by atomic mass is 9.84. The fourth-order valence-electron chi connectivity index (χ4n) is 2.80. The molecule has 0 fully saturated rings. The molecule has 1 aromatic carbocycles. The Morgan fingerprint density at radius 1 is 1.24 bits per heavy atom. The molecule has 1 aliphatic carbocycles. The highest BCUT2D eigenvalue weighted by Gasteiger charge is 2.14. The van der Waals surface area contributed by atoms with Crippen LogP contribution >= 0.6 is 0 Å². The zero-order valence-electron chi connectivity index (χ0n) is 12.9. The fraction of sp³-hybridized carbons (Fsp3) is 0.500. The lowest BCUT2D eigenvalue weighted by Crippen LogP contribution is -2.10. The maximum absolute atomic E-state index is 11.2. The first-order valence-electron chi connectivity index (χ1n) is 7.87. The molecule has 0 aliphatic heterocycles. The van der Waals surface area contributed by atoms with E-state index in [1.54, 1.807) is 6.92 Å². The molecular formula is C18H24O3. The van der Waals surface area contributed by atoms with Crippen molar-refractivity contribution >= 4 is 11.7 Å². The second-order valence-corrected chi connectivity index (χ2v) is 5.47. The fourth-order valence-corrected chi connectivity index (χ4v) is 2.80. The summed E-state index contributed by atoms with van der Waals surface area (Å²) >= 11 is 0. The van der Waals surface area contributed by atoms with Gasteiger partial charge in [-0.25, -0.2) is 4.79 Å². The number of carbonyl (C=O) groups excluding carboxylic acids is 1. The van der Waals surface area contributed by atoms with Gasteiger partial charge in [-0.15, -0.1) is 0 Å². The Hall–Kier alpha value is -1.77. The van der Waals surface area contributed by atoms with Crippen molar-refractivity contribution in [1.82, 2.24) is 0 Å². The third kappa shape index (κ3) is 4.62. The maximum atomic E-state index is 11.2. The number of hydrogen-bond acceptors (Lipinski definition) is 3. The minimum absolute atomic E-state index is 0.322. The summed E-state index contributed by atoms with van der Waals surface area (Å²) in [5.41, 5.74) is 2.63. The van der Waals surface area contributed by atoms with Crippen molar-refractivity contribution in [3.8, 4) is 5.75 Å². The zero-order valence-corrected chi connectivity index (χ0v) is 12.9. The number of ether oxygens (including phenoxy) is 2. The number of carbonyl (C=O) groups is 1. The Balaban J connectivity index is 1.95. The van der Waals surface area contributed by atoms with Crippen molar-refractivity contribution in [3.63, 3.8) is 0 Å². The van der Waals surface area contributed by atoms with Crippen LogP contribution in [0.25, 0.3) is 5.57 Å². The van der Waals surface area contributed by atoms with Crippen molar-refractivity contribution in [2.45, 2.75) is 46.0 Å². The van der Waals surface area contributed by atoms with Crippen LogP contribution in [0.5, 0.6) is 5.75 Å². The minimum Gasteiger partial charge on any atom is -0.434 e. The molecule has 1 aliphatic rings. The number of rotatable bonds is 5. The first-order valence-corrected chi connectivity index (χ1v) is 7.87. The number of benzene rings is 1. The van der Waals surface area contributed by atoms with Crippen molar-refractivity contribution in [2.24, 2.45) is 5.92 Å². The normalized spacial score (nSPS) is 18.0. The molecule has 0 spiro atoms. The summed E-state index contributed by atoms with van der Waals surface area (Å²) in [4.78, 5) is 11.2. The van der Waals surface area contributed by atoms with E-state index in [9.17, 15) is 4.79 Å². The van der Waals surface area contributed by atoms with Gasteiger partial charge in [-0.2, -0.15) is 0 Å². The first kappa shape index (κ1) is 15.6. The monoisotopic (exact) mass is 288 g/mol. The molecule has 1 atom stereocenters. The smallest absolute Gasteiger partial charge is 0.434 e. The molecule has 3 heteroatoms. The van der Waals surface area contributed by atoms with Gasteiger partial charge in [-0.05, 0) is 55.4 Å². The molecule has 0 heterocycles. The predicted molar refractivity (Wildman–Crippen MR) is 84.3 cm³/mol. The van der Waals surface area contributed by atoms with Crippen molar-refractivity contribution < 1.29 is 14.3 Å². The molecule has 1 unspecified atom stereocenters. The number of hydrogen-bond donors (Lipinski definition) is 0. The van der Waals surface area contributed by atoms with E-state index in [0.717, 1.165) is 12.3 Å². The topological polar surface area (TPSA) is 35.5 Å². The Morgan fingerprint density at radius 2 is 2.00 bits per heavy atom. The summed E-state index contributed by atoms with van der Waals surface area (Å²) < 4.78 is 9.82. The SMILES string of the molecule is CCCC1CC=C(c2ccc(OC(=O)OCC)cc2)CC1. The van der Waals surface area contributed by atoms with Crippen LogP contribution in [0.3, 0.4) is 0 Å². The van der Waals surface area contributed by atoms with Crippen LogP contribution in [0.4, 0.5) is 4.79 Å². The van der Waals surface area contributed by atoms with E-state index < -0.39 is 6.16 Å². The molecule has 0 saturated carbocycles. The summed E-state index contributed by atoms with van der Waals surface area (Å²) in [5.74, 6) is 1.38. The Kier molecular flexibility index (Phi) is 5.85. The van der Waals surface area contributed by atoms with Crippen LogP contribution in [-0.2, 0) is 4.74 Å². The van der Waals surface area contributed by atoms with Gasteiger partial charge in [0.1, 0.15) is 5.75 Å². The molecule has 1 aromatic rings. The Bertz CT molecular complexity index is 488. The highest BCUT2D eigenvalue weighted by Crippen LogP contribution is 2.32. The van der Waals surface area contributed by atoms with Gasteiger partial charge < -0.3 is 9.47 Å². The Morgan fingerprint density at radius 3 is 2.57 bits per heavy atom. The highest BCUT2D eigenvalue weighted by atomic mass is 16.7. The average Bonchev–Trinajstić information content (AvgIpc) is 2.49. The molecule has 0 bridgehead atoms. The molecular weight excluding hydrogens is 264 g/mol. The molecule has 0 radical (unpaired) electrons. The maximum Gasteiger partial charge on any atom is 0.513 e. The van der Waals surface area contributed by atoms with E-state index in [2.05, 4.69) is 13.0 Å². The lowest BCUT2D eigenvalue weighted by Gasteiger charge is -2.21. The van der Waals surface area contributed by atoms with Gasteiger partial charge >= 0.3 is 6.16 Å². The summed E-state index contributed by atoms with van der Waals surface area (Å²) in [6.07, 6.45) is 7.92. The van der Waals surface area contributed by atoms with E-state index in [4.69, 9.17) is 9.47 Å². The third-order valence-corrected chi connectivity index (χ3v) is 3.90. The molecule has 21 heavy (non-hydrogen) atoms. The van der Waals surface area contributed by atoms with Gasteiger partial charge in [0, 0.05) is 0 Å². The predicted octanol–water partition coefficient (Wildman–Crippen LogP) is 5.21. The van der Waals surface area contributed by atoms with Crippen molar-refractivity contribution in [2.75, 3.05) is 6.61 Å². The summed E-state index contributed by atoms with van der Waals surface area (Å²) in [5, 5.41) is 0. The van der Waals surface area contributed by atoms with Crippen molar-refractivity contribution in [1.29, 1.82) is 0 Å². The first-order chi connectivity index (χ1) is 10.2. The number of allylic oxidation sites excluding steroid dienone is 2. The van der Waals surface area contributed by atoms with Crippen LogP contribution in [0.15, 0.2) is 30.3 Å². The Labute approximate surface area is 127 Å². The van der Waals surface area contributed by atoms with E-state index in [1.807, 2.05) is 24.3 Å². The van der Waals surface area contributed by atoms with Gasteiger partial charge in [0.25, 0.3) is 0 Å². The van der Waals surface area contributed by atoms with Crippen LogP contribution in [0.2, 0.25) is 0 Å². The van der Waals surface area contributed by atoms with Crippen molar-refractivity contribution in [3.05, 3.63) is 35.9 Å². The molecule has 0 amide bonds. The zero-order chi connectivity index (χ0) is 15.1. The van der Waals surface area contributed by atoms with Crippen LogP contribution in [0.1, 0.15) is 51.5 Å². The van der Waals surface area contributed by atoms with E-state index in [1.165, 1.54) is 36.8 Å². The van der Waals surface area contributed by atoms with Gasteiger partial charge in [-0.1, -0.05) is 38.0 Å². The standard InChI is InChI=1S/C18H24O3/c1-3-5-14-6-8-15(9-7-14)16-10-12-17(13-11-16)21-18(19)20-4-2/h8,10-14H,3-7,9H2,1-2H3. The highest BCUT2D eigenvalue weighted by molar-refractivity contribution is 5.68. The minimum atomic E-state index is -0.649. The summed E-state index contributed by atoms with van der Waals surface area (Å²) in [7, 11) is 0. The van der Waals surface area contributed by atoms with E-state index in [0.29, 0.717) is 12.4 Å². The lowest BCUT2D eigenvalue weighted by molar-refractivity contribution is 0.104. The quantitative estimate of drug-likeness (QED) is 0.551.